The van der Waals surface area contributed by atoms with Crippen molar-refractivity contribution in [1.29, 1.82) is 0 Å². The van der Waals surface area contributed by atoms with Crippen LogP contribution in [0.1, 0.15) is 11.4 Å². The molecule has 0 atom stereocenters. The summed E-state index contributed by atoms with van der Waals surface area (Å²) < 4.78 is 15.4. The maximum atomic E-state index is 14.2. The Hall–Kier alpha value is -1.67. The number of aromatic nitrogens is 2. The molecule has 0 unspecified atom stereocenters. The van der Waals surface area contributed by atoms with Crippen LogP contribution in [0, 0.1) is 10.5 Å². The number of anilines is 2. The molecule has 22 heavy (non-hydrogen) atoms. The third-order valence-corrected chi connectivity index (χ3v) is 4.14. The third kappa shape index (κ3) is 2.93. The van der Waals surface area contributed by atoms with E-state index in [4.69, 9.17) is 5.11 Å². The maximum absolute atomic E-state index is 14.2. The standard InChI is InChI=1S/C16H15FIN3O/c1-10-8-11(18)2-4-13(10)19-12-3-5-14-15(9-12)21(17)16(20-14)6-7-22/h2-5,8-9,19,22H,6-7H2,1H3. The molecule has 3 aromatic rings. The van der Waals surface area contributed by atoms with Crippen LogP contribution < -0.4 is 5.32 Å². The molecule has 0 saturated heterocycles. The first-order chi connectivity index (χ1) is 10.6. The molecule has 0 bridgehead atoms. The van der Waals surface area contributed by atoms with Gasteiger partial charge in [0.1, 0.15) is 11.3 Å². The average molecular weight is 411 g/mol. The summed E-state index contributed by atoms with van der Waals surface area (Å²) in [6, 6.07) is 11.5. The van der Waals surface area contributed by atoms with Gasteiger partial charge in [0, 0.05) is 21.4 Å². The Bertz CT molecular complexity index is 832. The van der Waals surface area contributed by atoms with E-state index in [2.05, 4.69) is 39.0 Å². The van der Waals surface area contributed by atoms with E-state index in [1.165, 1.54) is 3.57 Å². The van der Waals surface area contributed by atoms with Gasteiger partial charge in [-0.25, -0.2) is 4.98 Å². The number of hydrogen-bond donors (Lipinski definition) is 2. The monoisotopic (exact) mass is 411 g/mol. The number of imidazole rings is 1. The first-order valence-electron chi connectivity index (χ1n) is 6.90. The van der Waals surface area contributed by atoms with Crippen molar-refractivity contribution in [2.45, 2.75) is 13.3 Å². The summed E-state index contributed by atoms with van der Waals surface area (Å²) in [5, 5.41) is 12.2. The van der Waals surface area contributed by atoms with E-state index < -0.39 is 0 Å². The maximum Gasteiger partial charge on any atom is 0.143 e. The third-order valence-electron chi connectivity index (χ3n) is 3.47. The van der Waals surface area contributed by atoms with Crippen molar-refractivity contribution >= 4 is 45.0 Å². The Kier molecular flexibility index (Phi) is 4.30. The number of aliphatic hydroxyl groups excluding tert-OH is 1. The molecular weight excluding hydrogens is 396 g/mol. The van der Waals surface area contributed by atoms with Gasteiger partial charge in [0.05, 0.1) is 12.1 Å². The molecule has 0 spiro atoms. The van der Waals surface area contributed by atoms with Gasteiger partial charge in [-0.3, -0.25) is 0 Å². The number of fused-ring (bicyclic) bond motifs is 1. The zero-order chi connectivity index (χ0) is 15.7. The molecule has 0 radical (unpaired) electrons. The van der Waals surface area contributed by atoms with E-state index in [0.717, 1.165) is 16.9 Å². The van der Waals surface area contributed by atoms with E-state index in [1.54, 1.807) is 12.1 Å². The fourth-order valence-corrected chi connectivity index (χ4v) is 3.00. The van der Waals surface area contributed by atoms with Gasteiger partial charge in [0.15, 0.2) is 0 Å². The number of benzene rings is 2. The summed E-state index contributed by atoms with van der Waals surface area (Å²) in [6.07, 6.45) is 0.199. The first kappa shape index (κ1) is 15.2. The van der Waals surface area contributed by atoms with Crippen molar-refractivity contribution in [3.63, 3.8) is 0 Å². The largest absolute Gasteiger partial charge is 0.396 e. The first-order valence-corrected chi connectivity index (χ1v) is 7.98. The van der Waals surface area contributed by atoms with Crippen LogP contribution in [-0.2, 0) is 6.42 Å². The molecule has 114 valence electrons. The molecule has 0 aliphatic carbocycles. The second-order valence-electron chi connectivity index (χ2n) is 5.07. The number of rotatable bonds is 4. The topological polar surface area (TPSA) is 50.1 Å². The number of halogens is 2. The number of hydrogen-bond acceptors (Lipinski definition) is 3. The van der Waals surface area contributed by atoms with Crippen molar-refractivity contribution in [1.82, 2.24) is 9.77 Å². The zero-order valence-electron chi connectivity index (χ0n) is 12.0. The van der Waals surface area contributed by atoms with Crippen molar-refractivity contribution in [2.24, 2.45) is 0 Å². The lowest BCUT2D eigenvalue weighted by molar-refractivity contribution is 0.282. The fraction of sp³-hybridized carbons (Fsp3) is 0.188. The Morgan fingerprint density at radius 1 is 1.27 bits per heavy atom. The lowest BCUT2D eigenvalue weighted by Gasteiger charge is -2.10. The lowest BCUT2D eigenvalue weighted by atomic mass is 10.2. The normalized spacial score (nSPS) is 11.1. The summed E-state index contributed by atoms with van der Waals surface area (Å²) in [7, 11) is 0. The van der Waals surface area contributed by atoms with Crippen molar-refractivity contribution < 1.29 is 9.59 Å². The Balaban J connectivity index is 1.96. The van der Waals surface area contributed by atoms with Crippen LogP contribution >= 0.6 is 22.6 Å². The summed E-state index contributed by atoms with van der Waals surface area (Å²) >= 11 is 2.27. The smallest absolute Gasteiger partial charge is 0.143 e. The highest BCUT2D eigenvalue weighted by Crippen LogP contribution is 2.26. The molecule has 1 aromatic heterocycles. The second kappa shape index (κ2) is 6.21. The highest BCUT2D eigenvalue weighted by molar-refractivity contribution is 14.1. The molecule has 2 aromatic carbocycles. The summed E-state index contributed by atoms with van der Waals surface area (Å²) in [5.74, 6) is 0.236. The van der Waals surface area contributed by atoms with Crippen LogP contribution in [0.2, 0.25) is 0 Å². The minimum Gasteiger partial charge on any atom is -0.396 e. The van der Waals surface area contributed by atoms with E-state index in [1.807, 2.05) is 25.1 Å². The quantitative estimate of drug-likeness (QED) is 0.640. The summed E-state index contributed by atoms with van der Waals surface area (Å²) in [6.45, 7) is 1.90. The molecule has 3 rings (SSSR count). The van der Waals surface area contributed by atoms with E-state index in [0.29, 0.717) is 15.8 Å². The highest BCUT2D eigenvalue weighted by Gasteiger charge is 2.11. The number of nitrogens with zero attached hydrogens (tertiary/aromatic N) is 2. The number of aryl methyl sites for hydroxylation is 1. The second-order valence-corrected chi connectivity index (χ2v) is 6.32. The molecule has 4 nitrogen and oxygen atoms in total. The predicted molar refractivity (Wildman–Crippen MR) is 94.2 cm³/mol. The SMILES string of the molecule is Cc1cc(I)ccc1Nc1ccc2nc(CCO)n(F)c2c1. The number of nitrogens with one attached hydrogen (secondary N) is 1. The zero-order valence-corrected chi connectivity index (χ0v) is 14.1. The van der Waals surface area contributed by atoms with Gasteiger partial charge in [0.25, 0.3) is 0 Å². The summed E-state index contributed by atoms with van der Waals surface area (Å²) in [5.41, 5.74) is 3.89. The molecule has 1 heterocycles. The Morgan fingerprint density at radius 2 is 2.09 bits per heavy atom. The molecule has 6 heteroatoms. The lowest BCUT2D eigenvalue weighted by Crippen LogP contribution is -1.98. The molecule has 0 amide bonds. The highest BCUT2D eigenvalue weighted by atomic mass is 127. The molecular formula is C16H15FIN3O. The van der Waals surface area contributed by atoms with Gasteiger partial charge < -0.3 is 10.4 Å². The van der Waals surface area contributed by atoms with Crippen LogP contribution in [0.5, 0.6) is 0 Å². The van der Waals surface area contributed by atoms with Gasteiger partial charge in [-0.2, -0.15) is 4.79 Å². The molecule has 0 aliphatic rings. The van der Waals surface area contributed by atoms with Crippen LogP contribution in [-0.4, -0.2) is 21.5 Å². The number of aliphatic hydroxyl groups is 1. The van der Waals surface area contributed by atoms with E-state index >= 15 is 0 Å². The average Bonchev–Trinajstić information content (AvgIpc) is 2.79. The fourth-order valence-electron chi connectivity index (χ4n) is 2.35. The molecule has 0 aliphatic heterocycles. The molecule has 2 N–H and O–H groups in total. The Labute approximate surface area is 141 Å². The minimum absolute atomic E-state index is 0.125. The van der Waals surface area contributed by atoms with Gasteiger partial charge in [0.2, 0.25) is 0 Å². The van der Waals surface area contributed by atoms with Gasteiger partial charge in [-0.15, -0.1) is 0 Å². The minimum atomic E-state index is -0.125. The van der Waals surface area contributed by atoms with Crippen molar-refractivity contribution in [3.05, 3.63) is 51.4 Å². The van der Waals surface area contributed by atoms with E-state index in [-0.39, 0.29) is 18.9 Å². The summed E-state index contributed by atoms with van der Waals surface area (Å²) in [4.78, 5) is 4.72. The van der Waals surface area contributed by atoms with Gasteiger partial charge in [-0.05, 0) is 71.5 Å². The van der Waals surface area contributed by atoms with Gasteiger partial charge in [-0.1, -0.05) is 4.48 Å². The van der Waals surface area contributed by atoms with Gasteiger partial charge >= 0.3 is 0 Å². The molecule has 0 fully saturated rings. The van der Waals surface area contributed by atoms with Crippen LogP contribution in [0.15, 0.2) is 36.4 Å². The molecule has 0 saturated carbocycles. The van der Waals surface area contributed by atoms with E-state index in [9.17, 15) is 4.48 Å². The van der Waals surface area contributed by atoms with Crippen LogP contribution in [0.25, 0.3) is 11.0 Å². The predicted octanol–water partition coefficient (Wildman–Crippen LogP) is 3.96. The Morgan fingerprint density at radius 3 is 2.82 bits per heavy atom. The van der Waals surface area contributed by atoms with Crippen molar-refractivity contribution in [2.75, 3.05) is 11.9 Å². The van der Waals surface area contributed by atoms with Crippen LogP contribution in [0.4, 0.5) is 15.9 Å². The van der Waals surface area contributed by atoms with Crippen LogP contribution in [0.3, 0.4) is 0 Å². The van der Waals surface area contributed by atoms with Crippen molar-refractivity contribution in [3.8, 4) is 0 Å².